The molecule has 0 aliphatic rings. The van der Waals surface area contributed by atoms with Crippen LogP contribution in [-0.4, -0.2) is 45.4 Å². The predicted octanol–water partition coefficient (Wildman–Crippen LogP) is 2.64. The molecule has 1 aromatic carbocycles. The SMILES string of the molecule is COCCOCCCOC(C)C(=O)c1ccc(C)cc1. The zero-order valence-corrected chi connectivity index (χ0v) is 12.6. The van der Waals surface area contributed by atoms with E-state index < -0.39 is 6.10 Å². The van der Waals surface area contributed by atoms with E-state index >= 15 is 0 Å². The fourth-order valence-corrected chi connectivity index (χ4v) is 1.69. The van der Waals surface area contributed by atoms with Crippen LogP contribution in [0.2, 0.25) is 0 Å². The highest BCUT2D eigenvalue weighted by atomic mass is 16.5. The van der Waals surface area contributed by atoms with Crippen molar-refractivity contribution in [3.05, 3.63) is 35.4 Å². The van der Waals surface area contributed by atoms with E-state index in [9.17, 15) is 4.79 Å². The summed E-state index contributed by atoms with van der Waals surface area (Å²) in [6.07, 6.45) is 0.353. The molecule has 0 spiro atoms. The number of hydrogen-bond donors (Lipinski definition) is 0. The van der Waals surface area contributed by atoms with E-state index in [1.165, 1.54) is 0 Å². The van der Waals surface area contributed by atoms with Gasteiger partial charge in [0.2, 0.25) is 0 Å². The Labute approximate surface area is 121 Å². The summed E-state index contributed by atoms with van der Waals surface area (Å²) in [5.74, 6) is 0.0188. The topological polar surface area (TPSA) is 44.8 Å². The summed E-state index contributed by atoms with van der Waals surface area (Å²) in [5.41, 5.74) is 1.84. The molecule has 112 valence electrons. The molecule has 0 saturated carbocycles. The number of methoxy groups -OCH3 is 1. The number of ether oxygens (including phenoxy) is 3. The summed E-state index contributed by atoms with van der Waals surface area (Å²) in [5, 5.41) is 0. The maximum Gasteiger partial charge on any atom is 0.191 e. The van der Waals surface area contributed by atoms with Gasteiger partial charge in [-0.2, -0.15) is 0 Å². The third-order valence-corrected chi connectivity index (χ3v) is 2.94. The maximum absolute atomic E-state index is 12.1. The molecule has 0 bridgehead atoms. The molecular formula is C16H24O4. The van der Waals surface area contributed by atoms with Gasteiger partial charge in [0, 0.05) is 25.9 Å². The fourth-order valence-electron chi connectivity index (χ4n) is 1.69. The van der Waals surface area contributed by atoms with Crippen LogP contribution >= 0.6 is 0 Å². The van der Waals surface area contributed by atoms with E-state index in [0.717, 1.165) is 12.0 Å². The molecule has 0 aliphatic heterocycles. The summed E-state index contributed by atoms with van der Waals surface area (Å²) in [6, 6.07) is 7.55. The average molecular weight is 280 g/mol. The molecule has 1 atom stereocenters. The van der Waals surface area contributed by atoms with E-state index in [-0.39, 0.29) is 5.78 Å². The molecule has 0 aromatic heterocycles. The second-order valence-electron chi connectivity index (χ2n) is 4.70. The first-order chi connectivity index (χ1) is 9.65. The van der Waals surface area contributed by atoms with E-state index in [2.05, 4.69) is 0 Å². The van der Waals surface area contributed by atoms with E-state index in [1.54, 1.807) is 14.0 Å². The van der Waals surface area contributed by atoms with Crippen molar-refractivity contribution in [2.24, 2.45) is 0 Å². The highest BCUT2D eigenvalue weighted by molar-refractivity contribution is 5.99. The monoisotopic (exact) mass is 280 g/mol. The number of benzene rings is 1. The molecule has 1 rings (SSSR count). The number of aryl methyl sites for hydroxylation is 1. The molecule has 0 aliphatic carbocycles. The molecule has 0 radical (unpaired) electrons. The zero-order chi connectivity index (χ0) is 14.8. The van der Waals surface area contributed by atoms with Gasteiger partial charge in [0.1, 0.15) is 6.10 Å². The van der Waals surface area contributed by atoms with Gasteiger partial charge in [0.05, 0.1) is 13.2 Å². The van der Waals surface area contributed by atoms with E-state index in [4.69, 9.17) is 14.2 Å². The van der Waals surface area contributed by atoms with Crippen molar-refractivity contribution < 1.29 is 19.0 Å². The quantitative estimate of drug-likeness (QED) is 0.488. The van der Waals surface area contributed by atoms with E-state index in [0.29, 0.717) is 32.0 Å². The molecule has 1 unspecified atom stereocenters. The summed E-state index contributed by atoms with van der Waals surface area (Å²) in [7, 11) is 1.64. The van der Waals surface area contributed by atoms with Crippen LogP contribution < -0.4 is 0 Å². The summed E-state index contributed by atoms with van der Waals surface area (Å²) < 4.78 is 15.7. The van der Waals surface area contributed by atoms with Crippen molar-refractivity contribution >= 4 is 5.78 Å². The lowest BCUT2D eigenvalue weighted by Crippen LogP contribution is -2.22. The third-order valence-electron chi connectivity index (χ3n) is 2.94. The fraction of sp³-hybridized carbons (Fsp3) is 0.562. The second kappa shape index (κ2) is 9.64. The first-order valence-corrected chi connectivity index (χ1v) is 6.94. The Morgan fingerprint density at radius 2 is 1.80 bits per heavy atom. The Hall–Kier alpha value is -1.23. The molecule has 0 heterocycles. The van der Waals surface area contributed by atoms with E-state index in [1.807, 2.05) is 31.2 Å². The minimum Gasteiger partial charge on any atom is -0.382 e. The molecule has 0 saturated heterocycles. The lowest BCUT2D eigenvalue weighted by Gasteiger charge is -2.12. The van der Waals surface area contributed by atoms with Gasteiger partial charge >= 0.3 is 0 Å². The van der Waals surface area contributed by atoms with Gasteiger partial charge in [-0.3, -0.25) is 4.79 Å². The normalized spacial score (nSPS) is 12.3. The lowest BCUT2D eigenvalue weighted by molar-refractivity contribution is 0.0286. The number of ketones is 1. The molecule has 0 amide bonds. The summed E-state index contributed by atoms with van der Waals surface area (Å²) in [6.45, 7) is 6.11. The lowest BCUT2D eigenvalue weighted by atomic mass is 10.1. The Bertz CT molecular complexity index is 386. The average Bonchev–Trinajstić information content (AvgIpc) is 2.46. The highest BCUT2D eigenvalue weighted by Crippen LogP contribution is 2.08. The Kier molecular flexibility index (Phi) is 8.11. The van der Waals surface area contributed by atoms with Crippen molar-refractivity contribution in [3.8, 4) is 0 Å². The largest absolute Gasteiger partial charge is 0.382 e. The van der Waals surface area contributed by atoms with Gasteiger partial charge in [-0.1, -0.05) is 29.8 Å². The van der Waals surface area contributed by atoms with Crippen LogP contribution in [0.15, 0.2) is 24.3 Å². The van der Waals surface area contributed by atoms with Crippen LogP contribution in [0, 0.1) is 6.92 Å². The highest BCUT2D eigenvalue weighted by Gasteiger charge is 2.15. The number of hydrogen-bond acceptors (Lipinski definition) is 4. The number of carbonyl (C=O) groups is 1. The van der Waals surface area contributed by atoms with Crippen LogP contribution in [0.5, 0.6) is 0 Å². The molecule has 4 heteroatoms. The molecule has 0 N–H and O–H groups in total. The standard InChI is InChI=1S/C16H24O4/c1-13-5-7-15(8-6-13)16(17)14(2)20-10-4-9-19-12-11-18-3/h5-8,14H,4,9-12H2,1-3H3. The van der Waals surface area contributed by atoms with Gasteiger partial charge in [0.25, 0.3) is 0 Å². The predicted molar refractivity (Wildman–Crippen MR) is 78.2 cm³/mol. The maximum atomic E-state index is 12.1. The molecule has 1 aromatic rings. The third kappa shape index (κ3) is 6.28. The van der Waals surface area contributed by atoms with Crippen LogP contribution in [0.1, 0.15) is 29.3 Å². The first-order valence-electron chi connectivity index (χ1n) is 6.94. The van der Waals surface area contributed by atoms with Crippen LogP contribution in [0.4, 0.5) is 0 Å². The minimum atomic E-state index is -0.420. The molecule has 4 nitrogen and oxygen atoms in total. The molecule has 20 heavy (non-hydrogen) atoms. The van der Waals surface area contributed by atoms with Crippen molar-refractivity contribution in [1.82, 2.24) is 0 Å². The van der Waals surface area contributed by atoms with Crippen LogP contribution in [-0.2, 0) is 14.2 Å². The number of Topliss-reactive ketones (excluding diaryl/α,β-unsaturated/α-hetero) is 1. The number of carbonyl (C=O) groups excluding carboxylic acids is 1. The Balaban J connectivity index is 2.20. The first kappa shape index (κ1) is 16.8. The van der Waals surface area contributed by atoms with Crippen LogP contribution in [0.3, 0.4) is 0 Å². The van der Waals surface area contributed by atoms with Gasteiger partial charge < -0.3 is 14.2 Å². The Morgan fingerprint density at radius 3 is 2.45 bits per heavy atom. The molecular weight excluding hydrogens is 256 g/mol. The zero-order valence-electron chi connectivity index (χ0n) is 12.6. The van der Waals surface area contributed by atoms with Gasteiger partial charge in [-0.15, -0.1) is 0 Å². The van der Waals surface area contributed by atoms with Gasteiger partial charge in [0.15, 0.2) is 5.78 Å². The summed E-state index contributed by atoms with van der Waals surface area (Å²) >= 11 is 0. The van der Waals surface area contributed by atoms with Crippen molar-refractivity contribution in [3.63, 3.8) is 0 Å². The second-order valence-corrected chi connectivity index (χ2v) is 4.70. The Morgan fingerprint density at radius 1 is 1.10 bits per heavy atom. The van der Waals surface area contributed by atoms with Gasteiger partial charge in [-0.05, 0) is 20.3 Å². The van der Waals surface area contributed by atoms with Crippen molar-refractivity contribution in [2.75, 3.05) is 33.5 Å². The summed E-state index contributed by atoms with van der Waals surface area (Å²) in [4.78, 5) is 12.1. The van der Waals surface area contributed by atoms with Gasteiger partial charge in [-0.25, -0.2) is 0 Å². The number of rotatable bonds is 10. The minimum absolute atomic E-state index is 0.0188. The smallest absolute Gasteiger partial charge is 0.191 e. The van der Waals surface area contributed by atoms with Crippen molar-refractivity contribution in [1.29, 1.82) is 0 Å². The van der Waals surface area contributed by atoms with Crippen molar-refractivity contribution in [2.45, 2.75) is 26.4 Å². The van der Waals surface area contributed by atoms with Crippen LogP contribution in [0.25, 0.3) is 0 Å². The molecule has 0 fully saturated rings.